The Hall–Kier alpha value is -3.45. The maximum Gasteiger partial charge on any atom is 0.126 e. The summed E-state index contributed by atoms with van der Waals surface area (Å²) < 4.78 is 14.3. The van der Waals surface area contributed by atoms with E-state index in [1.54, 1.807) is 6.07 Å². The molecule has 35 heavy (non-hydrogen) atoms. The highest BCUT2D eigenvalue weighted by Crippen LogP contribution is 2.14. The van der Waals surface area contributed by atoms with E-state index in [-0.39, 0.29) is 5.82 Å². The highest BCUT2D eigenvalue weighted by atomic mass is 19.1. The second kappa shape index (κ2) is 14.7. The zero-order valence-electron chi connectivity index (χ0n) is 20.8. The van der Waals surface area contributed by atoms with Crippen molar-refractivity contribution in [3.05, 3.63) is 156 Å². The highest BCUT2D eigenvalue weighted by Gasteiger charge is 2.02. The van der Waals surface area contributed by atoms with Crippen molar-refractivity contribution in [2.24, 2.45) is 0 Å². The average molecular weight is 465 g/mol. The van der Waals surface area contributed by atoms with Crippen LogP contribution in [-0.2, 0) is 38.5 Å². The van der Waals surface area contributed by atoms with Crippen molar-refractivity contribution in [2.75, 3.05) is 0 Å². The summed E-state index contributed by atoms with van der Waals surface area (Å²) in [5.41, 5.74) is 7.06. The normalized spacial score (nSPS) is 11.3. The van der Waals surface area contributed by atoms with E-state index < -0.39 is 0 Å². The van der Waals surface area contributed by atoms with Crippen molar-refractivity contribution in [3.8, 4) is 0 Å². The molecular formula is C34H37F. The lowest BCUT2D eigenvalue weighted by atomic mass is 10.0. The van der Waals surface area contributed by atoms with Crippen LogP contribution in [0, 0.1) is 5.82 Å². The first-order valence-electron chi connectivity index (χ1n) is 12.6. The number of benzene rings is 3. The summed E-state index contributed by atoms with van der Waals surface area (Å²) in [5, 5.41) is 0. The van der Waals surface area contributed by atoms with Gasteiger partial charge in [0.15, 0.2) is 0 Å². The van der Waals surface area contributed by atoms with E-state index in [0.29, 0.717) is 6.42 Å². The third-order valence-corrected chi connectivity index (χ3v) is 6.17. The molecule has 0 bridgehead atoms. The second-order valence-corrected chi connectivity index (χ2v) is 8.97. The third-order valence-electron chi connectivity index (χ3n) is 6.17. The quantitative estimate of drug-likeness (QED) is 0.209. The van der Waals surface area contributed by atoms with Gasteiger partial charge in [0.25, 0.3) is 0 Å². The lowest BCUT2D eigenvalue weighted by Gasteiger charge is -2.04. The lowest BCUT2D eigenvalue weighted by molar-refractivity contribution is 0.612. The molecule has 0 saturated heterocycles. The maximum absolute atomic E-state index is 14.3. The van der Waals surface area contributed by atoms with Crippen LogP contribution >= 0.6 is 0 Å². The van der Waals surface area contributed by atoms with E-state index in [1.165, 1.54) is 22.3 Å². The Morgan fingerprint density at radius 1 is 0.514 bits per heavy atom. The van der Waals surface area contributed by atoms with Crippen LogP contribution in [0.3, 0.4) is 0 Å². The van der Waals surface area contributed by atoms with Crippen molar-refractivity contribution in [1.29, 1.82) is 0 Å². The molecule has 0 nitrogen and oxygen atoms in total. The van der Waals surface area contributed by atoms with Gasteiger partial charge in [-0.2, -0.15) is 0 Å². The van der Waals surface area contributed by atoms with E-state index in [0.717, 1.165) is 56.1 Å². The second-order valence-electron chi connectivity index (χ2n) is 8.97. The van der Waals surface area contributed by atoms with Crippen molar-refractivity contribution in [2.45, 2.75) is 51.4 Å². The Bertz CT molecular complexity index is 1110. The van der Waals surface area contributed by atoms with Gasteiger partial charge in [-0.05, 0) is 90.8 Å². The molecule has 0 aliphatic heterocycles. The zero-order chi connectivity index (χ0) is 24.7. The summed E-state index contributed by atoms with van der Waals surface area (Å²) in [6.07, 6.45) is 19.7. The van der Waals surface area contributed by atoms with E-state index in [1.807, 2.05) is 24.3 Å². The standard InChI is InChI=1S/C34H37F/c1-3-5-11-28-17-19-29(20-18-28)13-7-8-14-30-21-23-31(24-22-30)15-9-10-16-33-26-25-32(12-6-4-2)27-34(33)35/h3-4,7-10,17-27H,1-2,5-6,11-16H2/b8-7+,10-9+. The number of aryl methyl sites for hydroxylation is 2. The minimum atomic E-state index is -0.117. The summed E-state index contributed by atoms with van der Waals surface area (Å²) in [6.45, 7) is 7.51. The molecule has 3 aromatic rings. The van der Waals surface area contributed by atoms with Crippen molar-refractivity contribution in [3.63, 3.8) is 0 Å². The Balaban J connectivity index is 1.40. The molecule has 0 aromatic heterocycles. The molecule has 3 rings (SSSR count). The van der Waals surface area contributed by atoms with Crippen LogP contribution in [0.5, 0.6) is 0 Å². The fourth-order valence-corrected chi connectivity index (χ4v) is 3.97. The number of halogens is 1. The van der Waals surface area contributed by atoms with Crippen molar-refractivity contribution < 1.29 is 4.39 Å². The number of allylic oxidation sites excluding steroid dienone is 6. The molecule has 0 N–H and O–H groups in total. The summed E-state index contributed by atoms with van der Waals surface area (Å²) >= 11 is 0. The Kier molecular flexibility index (Phi) is 11.0. The minimum absolute atomic E-state index is 0.117. The summed E-state index contributed by atoms with van der Waals surface area (Å²) in [7, 11) is 0. The molecule has 0 fully saturated rings. The van der Waals surface area contributed by atoms with Crippen molar-refractivity contribution >= 4 is 0 Å². The first kappa shape index (κ1) is 26.2. The van der Waals surface area contributed by atoms with Gasteiger partial charge >= 0.3 is 0 Å². The summed E-state index contributed by atoms with van der Waals surface area (Å²) in [6, 6.07) is 23.2. The average Bonchev–Trinajstić information content (AvgIpc) is 2.89. The van der Waals surface area contributed by atoms with Crippen LogP contribution in [0.2, 0.25) is 0 Å². The van der Waals surface area contributed by atoms with Crippen LogP contribution < -0.4 is 0 Å². The smallest absolute Gasteiger partial charge is 0.126 e. The predicted molar refractivity (Wildman–Crippen MR) is 149 cm³/mol. The molecule has 3 aromatic carbocycles. The van der Waals surface area contributed by atoms with Gasteiger partial charge in [0.1, 0.15) is 5.82 Å². The largest absolute Gasteiger partial charge is 0.207 e. The molecule has 0 aliphatic carbocycles. The molecule has 0 spiro atoms. The number of rotatable bonds is 14. The molecule has 0 amide bonds. The first-order valence-corrected chi connectivity index (χ1v) is 12.6. The van der Waals surface area contributed by atoms with Gasteiger partial charge in [0.2, 0.25) is 0 Å². The molecule has 0 aliphatic rings. The molecule has 0 radical (unpaired) electrons. The van der Waals surface area contributed by atoms with Gasteiger partial charge in [-0.1, -0.05) is 97.1 Å². The van der Waals surface area contributed by atoms with Crippen LogP contribution in [0.15, 0.2) is 116 Å². The van der Waals surface area contributed by atoms with E-state index >= 15 is 0 Å². The molecule has 1 heteroatoms. The molecule has 0 unspecified atom stereocenters. The lowest BCUT2D eigenvalue weighted by Crippen LogP contribution is -1.92. The SMILES string of the molecule is C=CCCc1ccc(C/C=C/Cc2ccc(C/C=C/Cc3ccc(CCC=C)cc3F)cc2)cc1. The van der Waals surface area contributed by atoms with Gasteiger partial charge in [-0.15, -0.1) is 13.2 Å². The van der Waals surface area contributed by atoms with Gasteiger partial charge < -0.3 is 0 Å². The monoisotopic (exact) mass is 464 g/mol. The number of hydrogen-bond acceptors (Lipinski definition) is 0. The molecular weight excluding hydrogens is 427 g/mol. The van der Waals surface area contributed by atoms with Crippen LogP contribution in [-0.4, -0.2) is 0 Å². The van der Waals surface area contributed by atoms with Crippen LogP contribution in [0.4, 0.5) is 4.39 Å². The zero-order valence-corrected chi connectivity index (χ0v) is 20.8. The summed E-state index contributed by atoms with van der Waals surface area (Å²) in [4.78, 5) is 0. The molecule has 0 atom stereocenters. The Labute approximate surface area is 211 Å². The van der Waals surface area contributed by atoms with E-state index in [2.05, 4.69) is 86.0 Å². The predicted octanol–water partition coefficient (Wildman–Crippen LogP) is 8.75. The van der Waals surface area contributed by atoms with Gasteiger partial charge in [-0.3, -0.25) is 0 Å². The topological polar surface area (TPSA) is 0 Å². The fraction of sp³-hybridized carbons (Fsp3) is 0.235. The molecule has 0 saturated carbocycles. The molecule has 0 heterocycles. The first-order chi connectivity index (χ1) is 17.2. The fourth-order valence-electron chi connectivity index (χ4n) is 3.97. The minimum Gasteiger partial charge on any atom is -0.207 e. The van der Waals surface area contributed by atoms with E-state index in [9.17, 15) is 4.39 Å². The van der Waals surface area contributed by atoms with Crippen molar-refractivity contribution in [1.82, 2.24) is 0 Å². The molecule has 180 valence electrons. The highest BCUT2D eigenvalue weighted by molar-refractivity contribution is 5.29. The van der Waals surface area contributed by atoms with Crippen LogP contribution in [0.25, 0.3) is 0 Å². The van der Waals surface area contributed by atoms with Gasteiger partial charge in [-0.25, -0.2) is 4.39 Å². The Morgan fingerprint density at radius 2 is 0.914 bits per heavy atom. The summed E-state index contributed by atoms with van der Waals surface area (Å²) in [5.74, 6) is -0.117. The van der Waals surface area contributed by atoms with Gasteiger partial charge in [0, 0.05) is 0 Å². The third kappa shape index (κ3) is 9.37. The Morgan fingerprint density at radius 3 is 1.37 bits per heavy atom. The van der Waals surface area contributed by atoms with Crippen LogP contribution in [0.1, 0.15) is 46.2 Å². The maximum atomic E-state index is 14.3. The van der Waals surface area contributed by atoms with Gasteiger partial charge in [0.05, 0.1) is 0 Å². The van der Waals surface area contributed by atoms with E-state index in [4.69, 9.17) is 0 Å². The number of hydrogen-bond donors (Lipinski definition) is 0.